The van der Waals surface area contributed by atoms with E-state index in [1.807, 2.05) is 0 Å². The highest BCUT2D eigenvalue weighted by Crippen LogP contribution is 2.11. The molecule has 4 aliphatic heterocycles. The quantitative estimate of drug-likeness (QED) is 0.0746. The van der Waals surface area contributed by atoms with Crippen LogP contribution in [0.3, 0.4) is 0 Å². The van der Waals surface area contributed by atoms with Gasteiger partial charge in [0.1, 0.15) is 18.3 Å². The summed E-state index contributed by atoms with van der Waals surface area (Å²) in [5.74, 6) is 0. The number of epoxide rings is 4. The van der Waals surface area contributed by atoms with Gasteiger partial charge in [-0.05, 0) is 6.42 Å². The molecule has 0 spiro atoms. The molecular weight excluding hydrogens is 724 g/mol. The van der Waals surface area contributed by atoms with Crippen molar-refractivity contribution in [3.63, 3.8) is 0 Å². The molecule has 0 aliphatic carbocycles. The highest BCUT2D eigenvalue weighted by molar-refractivity contribution is 4.81. The Labute approximate surface area is 309 Å². The van der Waals surface area contributed by atoms with Crippen LogP contribution in [0.15, 0.2) is 28.8 Å². The zero-order chi connectivity index (χ0) is 38.3. The Hall–Kier alpha value is -3.58. The number of nitrogens with zero attached hydrogens (tertiary/aromatic N) is 6. The highest BCUT2D eigenvalue weighted by Gasteiger charge is 2.25. The molecule has 6 heterocycles. The van der Waals surface area contributed by atoms with Crippen molar-refractivity contribution in [1.29, 1.82) is 0 Å². The summed E-state index contributed by atoms with van der Waals surface area (Å²) in [6.07, 6.45) is 2.10. The van der Waals surface area contributed by atoms with E-state index in [1.165, 1.54) is 6.42 Å². The van der Waals surface area contributed by atoms with Gasteiger partial charge in [-0.15, -0.1) is 0 Å². The summed E-state index contributed by atoms with van der Waals surface area (Å²) < 4.78 is 41.5. The second-order valence-electron chi connectivity index (χ2n) is 12.2. The molecule has 0 radical (unpaired) electrons. The Balaban J connectivity index is 0.000000277. The molecule has 0 saturated carbocycles. The summed E-state index contributed by atoms with van der Waals surface area (Å²) in [5, 5.41) is 26.4. The van der Waals surface area contributed by atoms with Crippen molar-refractivity contribution in [3.8, 4) is 0 Å². The van der Waals surface area contributed by atoms with Crippen molar-refractivity contribution in [2.75, 3.05) is 85.9 Å². The fraction of sp³-hybridized carbons (Fsp3) is 0.812. The average Bonchev–Trinajstić information content (AvgIpc) is 3.94. The lowest BCUT2D eigenvalue weighted by Gasteiger charge is -2.14. The maximum Gasteiger partial charge on any atom is 0.336 e. The van der Waals surface area contributed by atoms with Crippen molar-refractivity contribution in [2.24, 2.45) is 0 Å². The second-order valence-corrected chi connectivity index (χ2v) is 12.2. The standard InChI is InChI=1S/C18H27N3O9.C9H15N3O6.C4H8O.CH4/c22-16-19(1-4-25-7-13-10-28-13)17(23)21(3-6-27-9-15-12-30-15)18(24)20(16)2-5-26-8-14-11-29-14;13-4-1-10-7(16)11(2-5-14)9(18)12(3-6-15)8(10)17;1-2-4-3-5-4;/h13-15H,1-12H2;13-15H,1-6H2;4H,2-3H2,1H3;1H4. The van der Waals surface area contributed by atoms with Crippen molar-refractivity contribution < 1.29 is 48.5 Å². The van der Waals surface area contributed by atoms with Crippen molar-refractivity contribution in [3.05, 3.63) is 62.9 Å². The molecule has 4 fully saturated rings. The van der Waals surface area contributed by atoms with Gasteiger partial charge in [0.2, 0.25) is 0 Å². The Morgan fingerprint density at radius 3 is 0.852 bits per heavy atom. The van der Waals surface area contributed by atoms with Crippen LogP contribution in [0.25, 0.3) is 0 Å². The molecule has 2 aromatic heterocycles. The Bertz CT molecular complexity index is 1540. The number of aromatic nitrogens is 6. The van der Waals surface area contributed by atoms with E-state index < -0.39 is 54.0 Å². The minimum Gasteiger partial charge on any atom is -0.395 e. The van der Waals surface area contributed by atoms with E-state index in [2.05, 4.69) is 6.92 Å². The fourth-order valence-electron chi connectivity index (χ4n) is 4.72. The summed E-state index contributed by atoms with van der Waals surface area (Å²) in [4.78, 5) is 73.7. The third kappa shape index (κ3) is 13.9. The molecular formula is C32H54N6O16. The number of aliphatic hydroxyl groups excluding tert-OH is 3. The predicted molar refractivity (Wildman–Crippen MR) is 188 cm³/mol. The fourth-order valence-corrected chi connectivity index (χ4v) is 4.72. The molecule has 22 nitrogen and oxygen atoms in total. The van der Waals surface area contributed by atoms with Gasteiger partial charge < -0.3 is 48.5 Å². The van der Waals surface area contributed by atoms with Crippen LogP contribution in [-0.2, 0) is 72.4 Å². The number of ether oxygens (including phenoxy) is 7. The van der Waals surface area contributed by atoms with Crippen LogP contribution in [-0.4, -0.2) is 153 Å². The van der Waals surface area contributed by atoms with Crippen LogP contribution in [0, 0.1) is 0 Å². The summed E-state index contributed by atoms with van der Waals surface area (Å²) in [6, 6.07) is 0. The molecule has 308 valence electrons. The molecule has 4 saturated heterocycles. The van der Waals surface area contributed by atoms with E-state index in [0.717, 1.165) is 20.3 Å². The summed E-state index contributed by atoms with van der Waals surface area (Å²) in [6.45, 7) is 4.91. The van der Waals surface area contributed by atoms with Gasteiger partial charge >= 0.3 is 34.1 Å². The van der Waals surface area contributed by atoms with E-state index >= 15 is 0 Å². The van der Waals surface area contributed by atoms with E-state index in [4.69, 9.17) is 48.5 Å². The van der Waals surface area contributed by atoms with Gasteiger partial charge in [-0.25, -0.2) is 56.2 Å². The lowest BCUT2D eigenvalue weighted by atomic mass is 10.4. The Morgan fingerprint density at radius 1 is 0.463 bits per heavy atom. The predicted octanol–water partition coefficient (Wildman–Crippen LogP) is -5.00. The van der Waals surface area contributed by atoms with Gasteiger partial charge in [-0.2, -0.15) is 0 Å². The molecule has 3 N–H and O–H groups in total. The van der Waals surface area contributed by atoms with Crippen LogP contribution < -0.4 is 34.1 Å². The Morgan fingerprint density at radius 2 is 0.685 bits per heavy atom. The smallest absolute Gasteiger partial charge is 0.336 e. The molecule has 0 amide bonds. The molecule has 2 aromatic rings. The third-order valence-electron chi connectivity index (χ3n) is 8.10. The molecule has 4 atom stereocenters. The molecule has 0 bridgehead atoms. The highest BCUT2D eigenvalue weighted by atomic mass is 16.6. The van der Waals surface area contributed by atoms with Gasteiger partial charge in [-0.1, -0.05) is 14.4 Å². The molecule has 54 heavy (non-hydrogen) atoms. The van der Waals surface area contributed by atoms with E-state index in [0.29, 0.717) is 59.4 Å². The van der Waals surface area contributed by atoms with Crippen LogP contribution in [0.2, 0.25) is 0 Å². The van der Waals surface area contributed by atoms with Crippen molar-refractivity contribution in [1.82, 2.24) is 27.4 Å². The maximum atomic E-state index is 12.8. The zero-order valence-corrected chi connectivity index (χ0v) is 29.8. The lowest BCUT2D eigenvalue weighted by Crippen LogP contribution is -2.55. The summed E-state index contributed by atoms with van der Waals surface area (Å²) in [7, 11) is 0. The maximum absolute atomic E-state index is 12.8. The molecule has 4 aliphatic rings. The summed E-state index contributed by atoms with van der Waals surface area (Å²) >= 11 is 0. The first kappa shape index (κ1) is 44.8. The van der Waals surface area contributed by atoms with Crippen molar-refractivity contribution in [2.45, 2.75) is 84.5 Å². The van der Waals surface area contributed by atoms with Crippen LogP contribution in [0.5, 0.6) is 0 Å². The Kier molecular flexibility index (Phi) is 18.9. The average molecular weight is 779 g/mol. The minimum atomic E-state index is -0.887. The van der Waals surface area contributed by atoms with Gasteiger partial charge in [-0.3, -0.25) is 0 Å². The minimum absolute atomic E-state index is 0. The number of hydrogen-bond donors (Lipinski definition) is 3. The van der Waals surface area contributed by atoms with Crippen molar-refractivity contribution >= 4 is 0 Å². The topological polar surface area (TPSA) is 270 Å². The number of hydrogen-bond acceptors (Lipinski definition) is 16. The zero-order valence-electron chi connectivity index (χ0n) is 29.8. The molecule has 6 rings (SSSR count). The van der Waals surface area contributed by atoms with E-state index in [-0.39, 0.29) is 84.8 Å². The first-order chi connectivity index (χ1) is 25.6. The first-order valence-electron chi connectivity index (χ1n) is 17.6. The van der Waals surface area contributed by atoms with E-state index in [1.54, 1.807) is 0 Å². The van der Waals surface area contributed by atoms with Gasteiger partial charge in [0.05, 0.1) is 131 Å². The number of aliphatic hydroxyl groups is 3. The van der Waals surface area contributed by atoms with Crippen LogP contribution in [0.4, 0.5) is 0 Å². The molecule has 22 heteroatoms. The molecule has 0 aromatic carbocycles. The third-order valence-corrected chi connectivity index (χ3v) is 8.10. The largest absolute Gasteiger partial charge is 0.395 e. The molecule has 4 unspecified atom stereocenters. The van der Waals surface area contributed by atoms with Gasteiger partial charge in [0.15, 0.2) is 0 Å². The summed E-state index contributed by atoms with van der Waals surface area (Å²) in [5.41, 5.74) is -4.69. The SMILES string of the molecule is C.CCC1CO1.O=c1n(CCO)c(=O)n(CCO)c(=O)n1CCO.O=c1n(CCOCC2CO2)c(=O)n(CCOCC2CO2)c(=O)n1CCOCC1CO1. The van der Waals surface area contributed by atoms with Crippen LogP contribution >= 0.6 is 0 Å². The monoisotopic (exact) mass is 778 g/mol. The van der Waals surface area contributed by atoms with Gasteiger partial charge in [0.25, 0.3) is 0 Å². The van der Waals surface area contributed by atoms with E-state index in [9.17, 15) is 28.8 Å². The first-order valence-corrected chi connectivity index (χ1v) is 17.6. The van der Waals surface area contributed by atoms with Crippen LogP contribution in [0.1, 0.15) is 20.8 Å². The normalized spacial score (nSPS) is 20.2. The second kappa shape index (κ2) is 22.7. The lowest BCUT2D eigenvalue weighted by molar-refractivity contribution is 0.0974. The van der Waals surface area contributed by atoms with Gasteiger partial charge in [0, 0.05) is 0 Å². The number of rotatable bonds is 22.